The Morgan fingerprint density at radius 3 is 2.47 bits per heavy atom. The van der Waals surface area contributed by atoms with E-state index in [1.54, 1.807) is 12.4 Å². The molecule has 0 radical (unpaired) electrons. The second kappa shape index (κ2) is 10.1. The number of carboxylic acid groups (broad SMARTS) is 1. The first-order valence-electron chi connectivity index (χ1n) is 9.90. The number of hydrogen-bond acceptors (Lipinski definition) is 5. The van der Waals surface area contributed by atoms with Crippen molar-refractivity contribution in [2.24, 2.45) is 11.3 Å². The summed E-state index contributed by atoms with van der Waals surface area (Å²) in [6, 6.07) is 13.4. The molecule has 4 rings (SSSR count). The molecule has 2 saturated heterocycles. The number of aliphatic carboxylic acids is 1. The van der Waals surface area contributed by atoms with Gasteiger partial charge in [-0.3, -0.25) is 9.78 Å². The van der Waals surface area contributed by atoms with Crippen molar-refractivity contribution in [3.63, 3.8) is 0 Å². The fourth-order valence-corrected chi connectivity index (χ4v) is 3.81. The van der Waals surface area contributed by atoms with Gasteiger partial charge in [0.25, 0.3) is 5.91 Å². The minimum atomic E-state index is -5.08. The topological polar surface area (TPSA) is 89.0 Å². The molecule has 32 heavy (non-hydrogen) atoms. The molecular weight excluding hydrogens is 429 g/mol. The highest BCUT2D eigenvalue weighted by Gasteiger charge is 2.52. The lowest BCUT2D eigenvalue weighted by Crippen LogP contribution is -2.37. The summed E-state index contributed by atoms with van der Waals surface area (Å²) in [5.74, 6) is -2.31. The molecule has 1 aromatic carbocycles. The van der Waals surface area contributed by atoms with Crippen molar-refractivity contribution in [3.05, 3.63) is 66.0 Å². The monoisotopic (exact) mass is 452 g/mol. The highest BCUT2D eigenvalue weighted by atomic mass is 19.4. The zero-order chi connectivity index (χ0) is 23.2. The summed E-state index contributed by atoms with van der Waals surface area (Å²) < 4.78 is 43.5. The van der Waals surface area contributed by atoms with Crippen LogP contribution in [0.4, 0.5) is 13.2 Å². The molecule has 0 saturated carbocycles. The average Bonchev–Trinajstić information content (AvgIpc) is 3.32. The summed E-state index contributed by atoms with van der Waals surface area (Å²) in [6.07, 6.45) is -1.54. The summed E-state index contributed by atoms with van der Waals surface area (Å²) in [5, 5.41) is 7.12. The van der Waals surface area contributed by atoms with E-state index in [1.165, 1.54) is 0 Å². The molecule has 2 aromatic rings. The number of amides is 1. The zero-order valence-corrected chi connectivity index (χ0v) is 17.1. The molecule has 1 N–H and O–H groups in total. The molecule has 1 aromatic heterocycles. The largest absolute Gasteiger partial charge is 0.490 e. The van der Waals surface area contributed by atoms with Crippen LogP contribution in [-0.2, 0) is 20.9 Å². The molecule has 172 valence electrons. The van der Waals surface area contributed by atoms with E-state index in [4.69, 9.17) is 19.4 Å². The summed E-state index contributed by atoms with van der Waals surface area (Å²) >= 11 is 0. The fraction of sp³-hybridized carbons (Fsp3) is 0.409. The van der Waals surface area contributed by atoms with Crippen LogP contribution in [0.15, 0.2) is 54.9 Å². The van der Waals surface area contributed by atoms with Crippen LogP contribution in [-0.4, -0.2) is 66.0 Å². The number of aromatic nitrogens is 1. The fourth-order valence-electron chi connectivity index (χ4n) is 3.81. The summed E-state index contributed by atoms with van der Waals surface area (Å²) in [4.78, 5) is 27.6. The first-order chi connectivity index (χ1) is 15.2. The predicted octanol–water partition coefficient (Wildman–Crippen LogP) is 3.02. The van der Waals surface area contributed by atoms with Crippen molar-refractivity contribution in [2.75, 3.05) is 32.9 Å². The highest BCUT2D eigenvalue weighted by Crippen LogP contribution is 2.42. The Kier molecular flexibility index (Phi) is 7.47. The quantitative estimate of drug-likeness (QED) is 0.750. The molecule has 0 aliphatic carbocycles. The first kappa shape index (κ1) is 23.7. The number of carboxylic acids is 1. The van der Waals surface area contributed by atoms with E-state index < -0.39 is 12.1 Å². The van der Waals surface area contributed by atoms with Crippen molar-refractivity contribution >= 4 is 11.9 Å². The molecule has 0 spiro atoms. The van der Waals surface area contributed by atoms with Gasteiger partial charge < -0.3 is 19.5 Å². The minimum Gasteiger partial charge on any atom is -0.475 e. The lowest BCUT2D eigenvalue weighted by Gasteiger charge is -2.27. The van der Waals surface area contributed by atoms with E-state index in [-0.39, 0.29) is 11.3 Å². The number of ether oxygens (including phenoxy) is 2. The number of likely N-dealkylation sites (tertiary alicyclic amines) is 1. The SMILES string of the molecule is O=C(O)C(F)(F)F.O=C(c1ccccc1)N1C[C@@H]2COC[C@]2(COCc2ccncc2)C1. The number of hydrogen-bond donors (Lipinski definition) is 1. The van der Waals surface area contributed by atoms with Gasteiger partial charge in [-0.1, -0.05) is 18.2 Å². The predicted molar refractivity (Wildman–Crippen MR) is 107 cm³/mol. The number of carbonyl (C=O) groups is 2. The average molecular weight is 452 g/mol. The number of alkyl halides is 3. The van der Waals surface area contributed by atoms with Crippen molar-refractivity contribution in [1.82, 2.24) is 9.88 Å². The van der Waals surface area contributed by atoms with Gasteiger partial charge in [-0.25, -0.2) is 4.79 Å². The van der Waals surface area contributed by atoms with Gasteiger partial charge in [-0.15, -0.1) is 0 Å². The Bertz CT molecular complexity index is 911. The second-order valence-corrected chi connectivity index (χ2v) is 7.78. The van der Waals surface area contributed by atoms with Gasteiger partial charge in [-0.05, 0) is 29.8 Å². The van der Waals surface area contributed by atoms with Crippen LogP contribution in [0.5, 0.6) is 0 Å². The van der Waals surface area contributed by atoms with Gasteiger partial charge in [0.2, 0.25) is 0 Å². The van der Waals surface area contributed by atoms with Crippen LogP contribution in [0.3, 0.4) is 0 Å². The van der Waals surface area contributed by atoms with Crippen molar-refractivity contribution in [1.29, 1.82) is 0 Å². The number of carbonyl (C=O) groups excluding carboxylic acids is 1. The van der Waals surface area contributed by atoms with Crippen LogP contribution < -0.4 is 0 Å². The maximum atomic E-state index is 12.8. The third-order valence-corrected chi connectivity index (χ3v) is 5.48. The Hall–Kier alpha value is -2.98. The number of halogens is 3. The molecule has 2 aliphatic heterocycles. The number of fused-ring (bicyclic) bond motifs is 1. The van der Waals surface area contributed by atoms with Crippen molar-refractivity contribution in [3.8, 4) is 0 Å². The molecule has 10 heteroatoms. The van der Waals surface area contributed by atoms with Gasteiger partial charge in [-0.2, -0.15) is 13.2 Å². The molecule has 0 bridgehead atoms. The zero-order valence-electron chi connectivity index (χ0n) is 17.1. The second-order valence-electron chi connectivity index (χ2n) is 7.78. The normalized spacial score (nSPS) is 22.1. The van der Waals surface area contributed by atoms with Gasteiger partial charge in [0.1, 0.15) is 0 Å². The van der Waals surface area contributed by atoms with Gasteiger partial charge in [0.05, 0.1) is 26.4 Å². The third-order valence-electron chi connectivity index (χ3n) is 5.48. The number of pyridine rings is 1. The Morgan fingerprint density at radius 1 is 1.19 bits per heavy atom. The standard InChI is InChI=1S/C20H22N2O3.C2HF3O2/c23-19(17-4-2-1-3-5-17)22-10-18-12-25-15-20(18,13-22)14-24-11-16-6-8-21-9-7-16;3-2(4,5)1(6)7/h1-9,18H,10-15H2;(H,6,7)/t18-,20-;/m1./s1. The van der Waals surface area contributed by atoms with E-state index in [1.807, 2.05) is 47.4 Å². The number of nitrogens with zero attached hydrogens (tertiary/aromatic N) is 2. The molecule has 2 atom stereocenters. The minimum absolute atomic E-state index is 0.0858. The van der Waals surface area contributed by atoms with Crippen LogP contribution in [0, 0.1) is 11.3 Å². The van der Waals surface area contributed by atoms with Gasteiger partial charge in [0.15, 0.2) is 0 Å². The maximum absolute atomic E-state index is 12.8. The Morgan fingerprint density at radius 2 is 1.84 bits per heavy atom. The molecule has 0 unspecified atom stereocenters. The molecule has 2 aliphatic rings. The van der Waals surface area contributed by atoms with E-state index in [0.717, 1.165) is 17.7 Å². The molecule has 3 heterocycles. The Labute approximate surface area is 182 Å². The lowest BCUT2D eigenvalue weighted by atomic mass is 9.82. The van der Waals surface area contributed by atoms with E-state index in [9.17, 15) is 18.0 Å². The van der Waals surface area contributed by atoms with Crippen LogP contribution in [0.1, 0.15) is 15.9 Å². The smallest absolute Gasteiger partial charge is 0.475 e. The van der Waals surface area contributed by atoms with E-state index >= 15 is 0 Å². The maximum Gasteiger partial charge on any atom is 0.490 e. The van der Waals surface area contributed by atoms with Crippen LogP contribution in [0.25, 0.3) is 0 Å². The first-order valence-corrected chi connectivity index (χ1v) is 9.90. The molecule has 1 amide bonds. The van der Waals surface area contributed by atoms with Crippen LogP contribution in [0.2, 0.25) is 0 Å². The van der Waals surface area contributed by atoms with E-state index in [0.29, 0.717) is 38.9 Å². The summed E-state index contributed by atoms with van der Waals surface area (Å²) in [7, 11) is 0. The molecular formula is C22H23F3N2O5. The third kappa shape index (κ3) is 5.83. The van der Waals surface area contributed by atoms with Gasteiger partial charge >= 0.3 is 12.1 Å². The van der Waals surface area contributed by atoms with Gasteiger partial charge in [0, 0.05) is 42.4 Å². The Balaban J connectivity index is 0.000000360. The van der Waals surface area contributed by atoms with Crippen LogP contribution >= 0.6 is 0 Å². The van der Waals surface area contributed by atoms with Crippen molar-refractivity contribution in [2.45, 2.75) is 12.8 Å². The number of benzene rings is 1. The number of rotatable bonds is 5. The molecule has 2 fully saturated rings. The summed E-state index contributed by atoms with van der Waals surface area (Å²) in [6.45, 7) is 3.97. The van der Waals surface area contributed by atoms with E-state index in [2.05, 4.69) is 4.98 Å². The van der Waals surface area contributed by atoms with Crippen molar-refractivity contribution < 1.29 is 37.3 Å². The lowest BCUT2D eigenvalue weighted by molar-refractivity contribution is -0.192. The molecule has 7 nitrogen and oxygen atoms in total. The highest BCUT2D eigenvalue weighted by molar-refractivity contribution is 5.94. The summed E-state index contributed by atoms with van der Waals surface area (Å²) in [5.41, 5.74) is 1.77.